The number of ether oxygens (including phenoxy) is 1. The topological polar surface area (TPSA) is 96.7 Å². The molecule has 1 amide bonds. The molecule has 1 aliphatic heterocycles. The first-order chi connectivity index (χ1) is 18.7. The number of carbonyl (C=O) groups excluding carboxylic acids is 1. The van der Waals surface area contributed by atoms with Gasteiger partial charge in [-0.3, -0.25) is 9.48 Å². The first-order valence-corrected chi connectivity index (χ1v) is 12.4. The molecule has 0 spiro atoms. The standard InChI is InChI=1S/C28H23ClF2N4O4/c1-34-26-19-13-18(29)7-9-24(19)39-15-20(26)25(33-34)27(36)35(14-17-4-2-3-5-21(17)30)11-10-32-23-12-16(28(37)38)6-8-22(23)31/h2-9,12-13,32H,10-11,14-15H2,1H3,(H,37,38). The Bertz CT molecular complexity index is 1590. The summed E-state index contributed by atoms with van der Waals surface area (Å²) in [4.78, 5) is 26.5. The average Bonchev–Trinajstić information content (AvgIpc) is 3.26. The minimum absolute atomic E-state index is 0.0229. The smallest absolute Gasteiger partial charge is 0.335 e. The van der Waals surface area contributed by atoms with Gasteiger partial charge in [-0.25, -0.2) is 13.6 Å². The van der Waals surface area contributed by atoms with Crippen molar-refractivity contribution in [2.24, 2.45) is 7.05 Å². The molecule has 0 bridgehead atoms. The second-order valence-corrected chi connectivity index (χ2v) is 9.41. The fourth-order valence-electron chi connectivity index (χ4n) is 4.53. The van der Waals surface area contributed by atoms with E-state index in [4.69, 9.17) is 16.3 Å². The van der Waals surface area contributed by atoms with Crippen LogP contribution in [0.1, 0.15) is 32.0 Å². The molecule has 39 heavy (non-hydrogen) atoms. The summed E-state index contributed by atoms with van der Waals surface area (Å²) < 4.78 is 36.3. The van der Waals surface area contributed by atoms with E-state index in [0.29, 0.717) is 33.2 Å². The number of aryl methyl sites for hydroxylation is 1. The third-order valence-corrected chi connectivity index (χ3v) is 6.67. The number of rotatable bonds is 8. The third kappa shape index (κ3) is 5.28. The molecular formula is C28H23ClF2N4O4. The third-order valence-electron chi connectivity index (χ3n) is 6.43. The number of aromatic nitrogens is 2. The molecule has 0 aliphatic carbocycles. The summed E-state index contributed by atoms with van der Waals surface area (Å²) in [7, 11) is 1.71. The number of aromatic carboxylic acids is 1. The number of carboxylic acids is 1. The summed E-state index contributed by atoms with van der Waals surface area (Å²) in [5.74, 6) is -2.16. The lowest BCUT2D eigenvalue weighted by atomic mass is 10.0. The molecule has 0 atom stereocenters. The fourth-order valence-corrected chi connectivity index (χ4v) is 4.70. The Morgan fingerprint density at radius 1 is 1.13 bits per heavy atom. The highest BCUT2D eigenvalue weighted by molar-refractivity contribution is 6.31. The Kier molecular flexibility index (Phi) is 7.21. The number of benzene rings is 3. The number of hydrogen-bond donors (Lipinski definition) is 2. The van der Waals surface area contributed by atoms with Gasteiger partial charge in [0.15, 0.2) is 5.69 Å². The minimum Gasteiger partial charge on any atom is -0.488 e. The lowest BCUT2D eigenvalue weighted by Crippen LogP contribution is -2.36. The van der Waals surface area contributed by atoms with Crippen molar-refractivity contribution in [3.63, 3.8) is 0 Å². The molecule has 0 fully saturated rings. The van der Waals surface area contributed by atoms with Crippen molar-refractivity contribution >= 4 is 29.2 Å². The Hall–Kier alpha value is -4.44. The van der Waals surface area contributed by atoms with Crippen LogP contribution >= 0.6 is 11.6 Å². The first kappa shape index (κ1) is 26.2. The Labute approximate surface area is 227 Å². The summed E-state index contributed by atoms with van der Waals surface area (Å²) in [5, 5.41) is 17.0. The quantitative estimate of drug-likeness (QED) is 0.305. The van der Waals surface area contributed by atoms with Gasteiger partial charge in [-0.2, -0.15) is 5.10 Å². The number of hydrogen-bond acceptors (Lipinski definition) is 5. The van der Waals surface area contributed by atoms with E-state index in [1.54, 1.807) is 48.1 Å². The summed E-state index contributed by atoms with van der Waals surface area (Å²) in [6.07, 6.45) is 0. The van der Waals surface area contributed by atoms with E-state index in [1.165, 1.54) is 17.0 Å². The van der Waals surface area contributed by atoms with Crippen molar-refractivity contribution in [1.82, 2.24) is 14.7 Å². The van der Waals surface area contributed by atoms with Crippen molar-refractivity contribution in [3.05, 3.63) is 99.7 Å². The number of carbonyl (C=O) groups is 2. The average molecular weight is 553 g/mol. The van der Waals surface area contributed by atoms with Crippen LogP contribution in [0.25, 0.3) is 11.3 Å². The molecule has 1 aromatic heterocycles. The van der Waals surface area contributed by atoms with Gasteiger partial charge >= 0.3 is 5.97 Å². The second-order valence-electron chi connectivity index (χ2n) is 8.97. The van der Waals surface area contributed by atoms with Crippen LogP contribution < -0.4 is 10.1 Å². The highest BCUT2D eigenvalue weighted by Crippen LogP contribution is 2.40. The second kappa shape index (κ2) is 10.7. The summed E-state index contributed by atoms with van der Waals surface area (Å²) in [5.41, 5.74) is 2.30. The van der Waals surface area contributed by atoms with Gasteiger partial charge in [0.25, 0.3) is 5.91 Å². The maximum Gasteiger partial charge on any atom is 0.335 e. The molecule has 0 saturated carbocycles. The van der Waals surface area contributed by atoms with Crippen LogP contribution in [0.5, 0.6) is 5.75 Å². The van der Waals surface area contributed by atoms with Crippen molar-refractivity contribution in [2.45, 2.75) is 13.2 Å². The van der Waals surface area contributed by atoms with E-state index < -0.39 is 23.5 Å². The zero-order valence-electron chi connectivity index (χ0n) is 20.7. The molecule has 3 aromatic carbocycles. The molecule has 200 valence electrons. The predicted molar refractivity (Wildman–Crippen MR) is 141 cm³/mol. The zero-order valence-corrected chi connectivity index (χ0v) is 21.5. The Morgan fingerprint density at radius 2 is 1.92 bits per heavy atom. The summed E-state index contributed by atoms with van der Waals surface area (Å²) in [6, 6.07) is 14.7. The van der Waals surface area contributed by atoms with Gasteiger partial charge in [0, 0.05) is 48.4 Å². The van der Waals surface area contributed by atoms with Crippen LogP contribution in [0, 0.1) is 11.6 Å². The van der Waals surface area contributed by atoms with Gasteiger partial charge < -0.3 is 20.1 Å². The van der Waals surface area contributed by atoms with E-state index >= 15 is 0 Å². The van der Waals surface area contributed by atoms with Gasteiger partial charge in [-0.1, -0.05) is 29.8 Å². The molecule has 1 aliphatic rings. The molecule has 8 nitrogen and oxygen atoms in total. The van der Waals surface area contributed by atoms with Gasteiger partial charge in [-0.05, 0) is 42.5 Å². The molecule has 4 aromatic rings. The number of fused-ring (bicyclic) bond motifs is 3. The molecule has 2 heterocycles. The van der Waals surface area contributed by atoms with Crippen molar-refractivity contribution < 1.29 is 28.2 Å². The molecule has 0 unspecified atom stereocenters. The van der Waals surface area contributed by atoms with Crippen molar-refractivity contribution in [3.8, 4) is 17.0 Å². The normalized spacial score (nSPS) is 11.8. The van der Waals surface area contributed by atoms with Gasteiger partial charge in [0.05, 0.1) is 16.9 Å². The van der Waals surface area contributed by atoms with E-state index in [-0.39, 0.29) is 43.2 Å². The van der Waals surface area contributed by atoms with E-state index in [9.17, 15) is 23.5 Å². The summed E-state index contributed by atoms with van der Waals surface area (Å²) in [6.45, 7) is 0.139. The van der Waals surface area contributed by atoms with Crippen LogP contribution in [-0.2, 0) is 20.2 Å². The van der Waals surface area contributed by atoms with Crippen LogP contribution in [0.2, 0.25) is 5.02 Å². The fraction of sp³-hybridized carbons (Fsp3) is 0.179. The molecule has 5 rings (SSSR count). The SMILES string of the molecule is Cn1nc(C(=O)N(CCNc2cc(C(=O)O)ccc2F)Cc2ccccc2F)c2c1-c1cc(Cl)ccc1OC2. The van der Waals surface area contributed by atoms with Crippen LogP contribution in [0.3, 0.4) is 0 Å². The Balaban J connectivity index is 1.44. The predicted octanol–water partition coefficient (Wildman–Crippen LogP) is 5.36. The molecule has 2 N–H and O–H groups in total. The number of anilines is 1. The minimum atomic E-state index is -1.19. The Morgan fingerprint density at radius 3 is 2.69 bits per heavy atom. The molecular weight excluding hydrogens is 530 g/mol. The summed E-state index contributed by atoms with van der Waals surface area (Å²) >= 11 is 6.20. The lowest BCUT2D eigenvalue weighted by Gasteiger charge is -2.24. The van der Waals surface area contributed by atoms with Gasteiger partial charge in [0.2, 0.25) is 0 Å². The maximum absolute atomic E-state index is 14.5. The number of amides is 1. The lowest BCUT2D eigenvalue weighted by molar-refractivity contribution is 0.0695. The number of halogens is 3. The first-order valence-electron chi connectivity index (χ1n) is 12.0. The molecule has 0 saturated heterocycles. The monoisotopic (exact) mass is 552 g/mol. The molecule has 0 radical (unpaired) electrons. The van der Waals surface area contributed by atoms with E-state index in [0.717, 1.165) is 12.1 Å². The number of nitrogens with zero attached hydrogens (tertiary/aromatic N) is 3. The van der Waals surface area contributed by atoms with Crippen LogP contribution in [-0.4, -0.2) is 44.8 Å². The van der Waals surface area contributed by atoms with E-state index in [2.05, 4.69) is 10.4 Å². The maximum atomic E-state index is 14.5. The van der Waals surface area contributed by atoms with Gasteiger partial charge in [0.1, 0.15) is 24.0 Å². The number of nitrogens with one attached hydrogen (secondary N) is 1. The van der Waals surface area contributed by atoms with Crippen molar-refractivity contribution in [1.29, 1.82) is 0 Å². The van der Waals surface area contributed by atoms with Crippen LogP contribution in [0.15, 0.2) is 60.7 Å². The van der Waals surface area contributed by atoms with Crippen molar-refractivity contribution in [2.75, 3.05) is 18.4 Å². The zero-order chi connectivity index (χ0) is 27.7. The highest BCUT2D eigenvalue weighted by Gasteiger charge is 2.31. The van der Waals surface area contributed by atoms with Crippen LogP contribution in [0.4, 0.5) is 14.5 Å². The number of carboxylic acid groups (broad SMARTS) is 1. The largest absolute Gasteiger partial charge is 0.488 e. The molecule has 11 heteroatoms. The van der Waals surface area contributed by atoms with E-state index in [1.807, 2.05) is 0 Å². The highest BCUT2D eigenvalue weighted by atomic mass is 35.5. The van der Waals surface area contributed by atoms with Gasteiger partial charge in [-0.15, -0.1) is 0 Å².